The van der Waals surface area contributed by atoms with E-state index in [0.29, 0.717) is 36.4 Å². The highest BCUT2D eigenvalue weighted by atomic mass is 32.1. The highest BCUT2D eigenvalue weighted by Gasteiger charge is 2.38. The van der Waals surface area contributed by atoms with Crippen LogP contribution in [0.5, 0.6) is 5.75 Å². The van der Waals surface area contributed by atoms with Crippen LogP contribution in [-0.2, 0) is 30.9 Å². The summed E-state index contributed by atoms with van der Waals surface area (Å²) in [6, 6.07) is 8.08. The lowest BCUT2D eigenvalue weighted by atomic mass is 9.82. The van der Waals surface area contributed by atoms with Crippen LogP contribution in [0.1, 0.15) is 78.7 Å². The predicted molar refractivity (Wildman–Crippen MR) is 132 cm³/mol. The molecule has 1 aromatic heterocycles. The lowest BCUT2D eigenvalue weighted by molar-refractivity contribution is -0.142. The van der Waals surface area contributed by atoms with Gasteiger partial charge in [-0.25, -0.2) is 4.79 Å². The van der Waals surface area contributed by atoms with Gasteiger partial charge < -0.3 is 19.5 Å². The van der Waals surface area contributed by atoms with E-state index in [-0.39, 0.29) is 29.3 Å². The molecule has 1 heterocycles. The number of ether oxygens (including phenoxy) is 3. The molecule has 3 rings (SSSR count). The van der Waals surface area contributed by atoms with Crippen LogP contribution in [0.2, 0.25) is 0 Å². The van der Waals surface area contributed by atoms with Crippen molar-refractivity contribution in [2.24, 2.45) is 0 Å². The maximum atomic E-state index is 12.6. The van der Waals surface area contributed by atoms with Gasteiger partial charge in [0.05, 0.1) is 32.3 Å². The second kappa shape index (κ2) is 11.0. The summed E-state index contributed by atoms with van der Waals surface area (Å²) in [5.74, 6) is -0.917. The zero-order valence-corrected chi connectivity index (χ0v) is 21.3. The number of anilines is 1. The van der Waals surface area contributed by atoms with Gasteiger partial charge in [-0.3, -0.25) is 9.59 Å². The molecule has 8 heteroatoms. The molecule has 0 spiro atoms. The smallest absolute Gasteiger partial charge is 0.341 e. The molecular weight excluding hydrogens is 454 g/mol. The molecule has 1 aromatic carbocycles. The Bertz CT molecular complexity index is 1040. The molecule has 1 atom stereocenters. The van der Waals surface area contributed by atoms with E-state index in [1.807, 2.05) is 12.1 Å². The highest BCUT2D eigenvalue weighted by molar-refractivity contribution is 7.17. The molecule has 0 bridgehead atoms. The summed E-state index contributed by atoms with van der Waals surface area (Å²) in [7, 11) is 2.61. The van der Waals surface area contributed by atoms with Gasteiger partial charge in [0.2, 0.25) is 5.91 Å². The van der Waals surface area contributed by atoms with Crippen LogP contribution in [0.25, 0.3) is 0 Å². The number of hydrogen-bond donors (Lipinski definition) is 1. The molecule has 34 heavy (non-hydrogen) atoms. The zero-order chi connectivity index (χ0) is 24.9. The van der Waals surface area contributed by atoms with E-state index in [1.54, 1.807) is 0 Å². The number of amides is 1. The Balaban J connectivity index is 1.57. The minimum Gasteiger partial charge on any atom is -0.494 e. The summed E-state index contributed by atoms with van der Waals surface area (Å²) in [6.45, 7) is 7.00. The van der Waals surface area contributed by atoms with Gasteiger partial charge in [0, 0.05) is 11.3 Å². The number of carbonyl (C=O) groups excluding carboxylic acids is 3. The van der Waals surface area contributed by atoms with Crippen molar-refractivity contribution >= 4 is 34.2 Å². The molecule has 0 radical (unpaired) electrons. The van der Waals surface area contributed by atoms with Crippen LogP contribution < -0.4 is 10.1 Å². The van der Waals surface area contributed by atoms with E-state index in [4.69, 9.17) is 14.2 Å². The van der Waals surface area contributed by atoms with E-state index in [1.165, 1.54) is 31.1 Å². The molecule has 1 N–H and O–H groups in total. The molecule has 1 aliphatic carbocycles. The first-order chi connectivity index (χ1) is 16.2. The summed E-state index contributed by atoms with van der Waals surface area (Å²) in [5, 5.41) is 3.25. The summed E-state index contributed by atoms with van der Waals surface area (Å²) >= 11 is 1.32. The van der Waals surface area contributed by atoms with Crippen LogP contribution in [0.15, 0.2) is 24.3 Å². The van der Waals surface area contributed by atoms with Crippen LogP contribution in [0, 0.1) is 0 Å². The number of carbonyl (C=O) groups is 3. The second-order valence-corrected chi connectivity index (χ2v) is 10.1. The Morgan fingerprint density at radius 2 is 1.82 bits per heavy atom. The number of rotatable bonds is 10. The fraction of sp³-hybridized carbons (Fsp3) is 0.500. The molecular formula is C26H33NO6S. The first kappa shape index (κ1) is 25.7. The van der Waals surface area contributed by atoms with Crippen LogP contribution in [0.4, 0.5) is 5.00 Å². The van der Waals surface area contributed by atoms with Gasteiger partial charge in [0.25, 0.3) is 0 Å². The first-order valence-corrected chi connectivity index (χ1v) is 12.4. The molecule has 1 amide bonds. The van der Waals surface area contributed by atoms with Gasteiger partial charge >= 0.3 is 11.9 Å². The largest absolute Gasteiger partial charge is 0.494 e. The van der Waals surface area contributed by atoms with Crippen LogP contribution in [0.3, 0.4) is 0 Å². The lowest BCUT2D eigenvalue weighted by Crippen LogP contribution is -2.18. The van der Waals surface area contributed by atoms with Crippen molar-refractivity contribution in [3.8, 4) is 5.75 Å². The molecule has 0 saturated carbocycles. The normalized spacial score (nSPS) is 14.9. The third-order valence-corrected chi connectivity index (χ3v) is 7.68. The minimum atomic E-state index is -0.568. The van der Waals surface area contributed by atoms with E-state index in [2.05, 4.69) is 38.2 Å². The lowest BCUT2D eigenvalue weighted by Gasteiger charge is -2.23. The number of aryl methyl sites for hydroxylation is 1. The number of fused-ring (bicyclic) bond motifs is 1. The average Bonchev–Trinajstić information content (AvgIpc) is 3.40. The maximum Gasteiger partial charge on any atom is 0.341 e. The summed E-state index contributed by atoms with van der Waals surface area (Å²) in [6.07, 6.45) is 3.06. The third-order valence-electron chi connectivity index (χ3n) is 6.50. The van der Waals surface area contributed by atoms with Gasteiger partial charge in [-0.2, -0.15) is 0 Å². The Kier molecular flexibility index (Phi) is 8.36. The van der Waals surface area contributed by atoms with Crippen LogP contribution in [-0.4, -0.2) is 38.7 Å². The van der Waals surface area contributed by atoms with Crippen molar-refractivity contribution < 1.29 is 28.6 Å². The molecule has 0 aliphatic heterocycles. The Hall–Kier alpha value is -2.87. The molecule has 0 saturated heterocycles. The summed E-state index contributed by atoms with van der Waals surface area (Å²) < 4.78 is 15.6. The Morgan fingerprint density at radius 3 is 2.44 bits per heavy atom. The number of benzene rings is 1. The molecule has 184 valence electrons. The van der Waals surface area contributed by atoms with E-state index in [0.717, 1.165) is 17.0 Å². The Morgan fingerprint density at radius 1 is 1.12 bits per heavy atom. The van der Waals surface area contributed by atoms with Crippen molar-refractivity contribution in [2.45, 2.75) is 64.2 Å². The summed E-state index contributed by atoms with van der Waals surface area (Å²) in [4.78, 5) is 38.1. The maximum absolute atomic E-state index is 12.6. The standard InChI is InChI=1S/C26H33NO6S/c1-6-26(2,3)16-9-11-17(12-10-16)33-15-7-8-20(28)27-23-22(25(30)32-5)21-18(24(29)31-4)13-14-19(21)34-23/h9-12,18H,6-8,13-15H2,1-5H3,(H,27,28). The van der Waals surface area contributed by atoms with Gasteiger partial charge in [-0.15, -0.1) is 11.3 Å². The first-order valence-electron chi connectivity index (χ1n) is 11.6. The number of methoxy groups -OCH3 is 2. The SMILES string of the molecule is CCC(C)(C)c1ccc(OCCCC(=O)Nc2sc3c(c2C(=O)OC)C(C(=O)OC)CC3)cc1. The van der Waals surface area contributed by atoms with Crippen LogP contribution >= 0.6 is 11.3 Å². The number of hydrogen-bond acceptors (Lipinski definition) is 7. The Labute approximate surface area is 204 Å². The average molecular weight is 488 g/mol. The van der Waals surface area contributed by atoms with E-state index >= 15 is 0 Å². The van der Waals surface area contributed by atoms with Crippen molar-refractivity contribution in [3.05, 3.63) is 45.8 Å². The molecule has 1 aliphatic rings. The molecule has 1 unspecified atom stereocenters. The predicted octanol–water partition coefficient (Wildman–Crippen LogP) is 5.22. The topological polar surface area (TPSA) is 90.9 Å². The second-order valence-electron chi connectivity index (χ2n) is 9.01. The fourth-order valence-electron chi connectivity index (χ4n) is 4.05. The van der Waals surface area contributed by atoms with Crippen molar-refractivity contribution in [1.82, 2.24) is 0 Å². The van der Waals surface area contributed by atoms with Gasteiger partial charge in [0.15, 0.2) is 0 Å². The molecule has 7 nitrogen and oxygen atoms in total. The highest BCUT2D eigenvalue weighted by Crippen LogP contribution is 2.46. The third kappa shape index (κ3) is 5.60. The number of nitrogens with one attached hydrogen (secondary N) is 1. The molecule has 2 aromatic rings. The van der Waals surface area contributed by atoms with Gasteiger partial charge in [-0.05, 0) is 54.4 Å². The van der Waals surface area contributed by atoms with E-state index < -0.39 is 11.9 Å². The van der Waals surface area contributed by atoms with Gasteiger partial charge in [0.1, 0.15) is 10.8 Å². The van der Waals surface area contributed by atoms with Crippen molar-refractivity contribution in [1.29, 1.82) is 0 Å². The summed E-state index contributed by atoms with van der Waals surface area (Å²) in [5.41, 5.74) is 2.27. The monoisotopic (exact) mass is 487 g/mol. The number of thiophene rings is 1. The number of esters is 2. The quantitative estimate of drug-likeness (QED) is 0.365. The van der Waals surface area contributed by atoms with Gasteiger partial charge in [-0.1, -0.05) is 32.9 Å². The van der Waals surface area contributed by atoms with E-state index in [9.17, 15) is 14.4 Å². The zero-order valence-electron chi connectivity index (χ0n) is 20.5. The minimum absolute atomic E-state index is 0.124. The molecule has 0 fully saturated rings. The van der Waals surface area contributed by atoms with Crippen molar-refractivity contribution in [2.75, 3.05) is 26.1 Å². The van der Waals surface area contributed by atoms with Crippen molar-refractivity contribution in [3.63, 3.8) is 0 Å². The fourth-order valence-corrected chi connectivity index (χ4v) is 5.33.